The number of hydrogen-bond donors (Lipinski definition) is 1. The maximum absolute atomic E-state index is 11.6. The van der Waals surface area contributed by atoms with E-state index in [9.17, 15) is 4.79 Å². The van der Waals surface area contributed by atoms with Crippen LogP contribution >= 0.6 is 23.4 Å². The SMILES string of the molecule is CCCCC(C)=NNC(=O)CSCc1ccc(Cl)cc1. The normalized spacial score (nSPS) is 11.4. The zero-order valence-electron chi connectivity index (χ0n) is 12.0. The van der Waals surface area contributed by atoms with E-state index < -0.39 is 0 Å². The second-order valence-electron chi connectivity index (χ2n) is 4.60. The van der Waals surface area contributed by atoms with E-state index in [1.807, 2.05) is 31.2 Å². The van der Waals surface area contributed by atoms with Gasteiger partial charge in [-0.3, -0.25) is 4.79 Å². The van der Waals surface area contributed by atoms with E-state index in [1.54, 1.807) is 11.8 Å². The first-order valence-corrected chi connectivity index (χ1v) is 8.29. The van der Waals surface area contributed by atoms with Gasteiger partial charge in [-0.1, -0.05) is 37.1 Å². The molecule has 0 radical (unpaired) electrons. The van der Waals surface area contributed by atoms with Crippen LogP contribution in [0.25, 0.3) is 0 Å². The Morgan fingerprint density at radius 3 is 2.70 bits per heavy atom. The van der Waals surface area contributed by atoms with Crippen LogP contribution in [-0.2, 0) is 10.5 Å². The minimum atomic E-state index is -0.0557. The van der Waals surface area contributed by atoms with Crippen LogP contribution in [0.2, 0.25) is 5.02 Å². The van der Waals surface area contributed by atoms with E-state index in [0.29, 0.717) is 5.75 Å². The average molecular weight is 313 g/mol. The zero-order valence-corrected chi connectivity index (χ0v) is 13.6. The molecule has 0 saturated heterocycles. The first kappa shape index (κ1) is 17.1. The van der Waals surface area contributed by atoms with Crippen molar-refractivity contribution >= 4 is 35.0 Å². The highest BCUT2D eigenvalue weighted by Crippen LogP contribution is 2.15. The number of carbonyl (C=O) groups is 1. The Hall–Kier alpha value is -1.00. The molecule has 0 aromatic heterocycles. The Morgan fingerprint density at radius 2 is 2.05 bits per heavy atom. The maximum atomic E-state index is 11.6. The summed E-state index contributed by atoms with van der Waals surface area (Å²) >= 11 is 7.38. The van der Waals surface area contributed by atoms with Gasteiger partial charge >= 0.3 is 0 Å². The molecule has 0 saturated carbocycles. The molecule has 1 aromatic carbocycles. The molecule has 5 heteroatoms. The number of carbonyl (C=O) groups excluding carboxylic acids is 1. The van der Waals surface area contributed by atoms with E-state index in [1.165, 1.54) is 0 Å². The van der Waals surface area contributed by atoms with Gasteiger partial charge in [0.2, 0.25) is 5.91 Å². The lowest BCUT2D eigenvalue weighted by molar-refractivity contribution is -0.118. The number of amides is 1. The highest BCUT2D eigenvalue weighted by molar-refractivity contribution is 7.99. The van der Waals surface area contributed by atoms with Crippen molar-refractivity contribution in [1.29, 1.82) is 0 Å². The molecule has 0 aliphatic heterocycles. The fraction of sp³-hybridized carbons (Fsp3) is 0.467. The fourth-order valence-electron chi connectivity index (χ4n) is 1.52. The van der Waals surface area contributed by atoms with Crippen molar-refractivity contribution in [3.8, 4) is 0 Å². The summed E-state index contributed by atoms with van der Waals surface area (Å²) in [6.07, 6.45) is 3.18. The molecule has 0 heterocycles. The molecule has 0 spiro atoms. The average Bonchev–Trinajstić information content (AvgIpc) is 2.45. The summed E-state index contributed by atoms with van der Waals surface area (Å²) in [7, 11) is 0. The van der Waals surface area contributed by atoms with Gasteiger partial charge in [0.25, 0.3) is 0 Å². The summed E-state index contributed by atoms with van der Waals surface area (Å²) in [4.78, 5) is 11.6. The third-order valence-electron chi connectivity index (χ3n) is 2.68. The first-order chi connectivity index (χ1) is 9.61. The number of unbranched alkanes of at least 4 members (excludes halogenated alkanes) is 1. The Labute approximate surface area is 130 Å². The van der Waals surface area contributed by atoms with Crippen LogP contribution in [0.3, 0.4) is 0 Å². The molecular formula is C15H21ClN2OS. The summed E-state index contributed by atoms with van der Waals surface area (Å²) in [5.74, 6) is 1.15. The molecule has 20 heavy (non-hydrogen) atoms. The van der Waals surface area contributed by atoms with E-state index in [4.69, 9.17) is 11.6 Å². The van der Waals surface area contributed by atoms with Crippen molar-refractivity contribution in [2.45, 2.75) is 38.9 Å². The Kier molecular flexibility index (Phi) is 8.38. The van der Waals surface area contributed by atoms with E-state index in [-0.39, 0.29) is 5.91 Å². The number of hydrazone groups is 1. The minimum Gasteiger partial charge on any atom is -0.272 e. The number of rotatable bonds is 8. The fourth-order valence-corrected chi connectivity index (χ4v) is 2.43. The number of hydrogen-bond acceptors (Lipinski definition) is 3. The van der Waals surface area contributed by atoms with Crippen molar-refractivity contribution in [3.05, 3.63) is 34.9 Å². The van der Waals surface area contributed by atoms with Crippen LogP contribution in [0.15, 0.2) is 29.4 Å². The molecule has 0 unspecified atom stereocenters. The third-order valence-corrected chi connectivity index (χ3v) is 3.93. The van der Waals surface area contributed by atoms with Crippen LogP contribution in [-0.4, -0.2) is 17.4 Å². The van der Waals surface area contributed by atoms with E-state index in [2.05, 4.69) is 17.5 Å². The summed E-state index contributed by atoms with van der Waals surface area (Å²) in [5, 5.41) is 4.82. The lowest BCUT2D eigenvalue weighted by Gasteiger charge is -2.03. The largest absolute Gasteiger partial charge is 0.272 e. The first-order valence-electron chi connectivity index (χ1n) is 6.76. The molecule has 1 amide bonds. The summed E-state index contributed by atoms with van der Waals surface area (Å²) in [6, 6.07) is 7.67. The Morgan fingerprint density at radius 1 is 1.35 bits per heavy atom. The highest BCUT2D eigenvalue weighted by Gasteiger charge is 2.01. The van der Waals surface area contributed by atoms with Crippen LogP contribution < -0.4 is 5.43 Å². The quantitative estimate of drug-likeness (QED) is 0.576. The molecule has 3 nitrogen and oxygen atoms in total. The van der Waals surface area contributed by atoms with Gasteiger partial charge in [0.15, 0.2) is 0 Å². The van der Waals surface area contributed by atoms with Gasteiger partial charge in [0, 0.05) is 16.5 Å². The van der Waals surface area contributed by atoms with Crippen molar-refractivity contribution in [3.63, 3.8) is 0 Å². The predicted octanol–water partition coefficient (Wildman–Crippen LogP) is 4.26. The molecule has 0 aliphatic rings. The third kappa shape index (κ3) is 7.56. The van der Waals surface area contributed by atoms with Gasteiger partial charge in [-0.25, -0.2) is 5.43 Å². The number of thioether (sulfide) groups is 1. The molecule has 0 aliphatic carbocycles. The van der Waals surface area contributed by atoms with Crippen molar-refractivity contribution in [2.24, 2.45) is 5.10 Å². The lowest BCUT2D eigenvalue weighted by Crippen LogP contribution is -2.21. The van der Waals surface area contributed by atoms with Gasteiger partial charge < -0.3 is 0 Å². The summed E-state index contributed by atoms with van der Waals surface area (Å²) in [6.45, 7) is 4.08. The Balaban J connectivity index is 2.21. The standard InChI is InChI=1S/C15H21ClN2OS/c1-3-4-5-12(2)17-18-15(19)11-20-10-13-6-8-14(16)9-7-13/h6-9H,3-5,10-11H2,1-2H3,(H,18,19). The van der Waals surface area contributed by atoms with Crippen molar-refractivity contribution in [2.75, 3.05) is 5.75 Å². The van der Waals surface area contributed by atoms with Gasteiger partial charge in [-0.05, 0) is 37.5 Å². The topological polar surface area (TPSA) is 41.5 Å². The Bertz CT molecular complexity index is 446. The minimum absolute atomic E-state index is 0.0557. The second-order valence-corrected chi connectivity index (χ2v) is 6.03. The van der Waals surface area contributed by atoms with E-state index >= 15 is 0 Å². The van der Waals surface area contributed by atoms with Crippen LogP contribution in [0, 0.1) is 0 Å². The molecule has 110 valence electrons. The summed E-state index contributed by atoms with van der Waals surface area (Å²) in [5.41, 5.74) is 4.73. The molecule has 0 fully saturated rings. The highest BCUT2D eigenvalue weighted by atomic mass is 35.5. The second kappa shape index (κ2) is 9.83. The van der Waals surface area contributed by atoms with Crippen LogP contribution in [0.5, 0.6) is 0 Å². The van der Waals surface area contributed by atoms with Gasteiger partial charge in [-0.15, -0.1) is 11.8 Å². The molecular weight excluding hydrogens is 292 g/mol. The number of nitrogens with one attached hydrogen (secondary N) is 1. The maximum Gasteiger partial charge on any atom is 0.250 e. The van der Waals surface area contributed by atoms with E-state index in [0.717, 1.165) is 41.3 Å². The number of halogens is 1. The van der Waals surface area contributed by atoms with Crippen molar-refractivity contribution < 1.29 is 4.79 Å². The monoisotopic (exact) mass is 312 g/mol. The molecule has 1 N–H and O–H groups in total. The predicted molar refractivity (Wildman–Crippen MR) is 88.4 cm³/mol. The molecule has 1 aromatic rings. The molecule has 0 bridgehead atoms. The van der Waals surface area contributed by atoms with Crippen LogP contribution in [0.1, 0.15) is 38.7 Å². The van der Waals surface area contributed by atoms with Gasteiger partial charge in [-0.2, -0.15) is 5.10 Å². The number of benzene rings is 1. The molecule has 0 atom stereocenters. The van der Waals surface area contributed by atoms with Crippen molar-refractivity contribution in [1.82, 2.24) is 5.43 Å². The zero-order chi connectivity index (χ0) is 14.8. The lowest BCUT2D eigenvalue weighted by atomic mass is 10.2. The number of nitrogens with zero attached hydrogens (tertiary/aromatic N) is 1. The van der Waals surface area contributed by atoms with Gasteiger partial charge in [0.05, 0.1) is 5.75 Å². The smallest absolute Gasteiger partial charge is 0.250 e. The molecule has 1 rings (SSSR count). The van der Waals surface area contributed by atoms with Crippen LogP contribution in [0.4, 0.5) is 0 Å². The van der Waals surface area contributed by atoms with Gasteiger partial charge in [0.1, 0.15) is 0 Å². The summed E-state index contributed by atoms with van der Waals surface area (Å²) < 4.78 is 0.